The standard InChI is InChI=1S/C13H23N3/c1-11(14)13-9-15-10-16(13)8-4-7-12-5-2-3-6-12/h9-12H,2-8,14H2,1H3. The molecule has 1 aliphatic rings. The summed E-state index contributed by atoms with van der Waals surface area (Å²) in [6.07, 6.45) is 12.2. The number of hydrogen-bond donors (Lipinski definition) is 1. The lowest BCUT2D eigenvalue weighted by Gasteiger charge is -2.12. The van der Waals surface area contributed by atoms with Gasteiger partial charge in [0.15, 0.2) is 0 Å². The van der Waals surface area contributed by atoms with Crippen LogP contribution in [0, 0.1) is 5.92 Å². The molecule has 1 aliphatic carbocycles. The Morgan fingerprint density at radius 2 is 2.25 bits per heavy atom. The molecule has 1 unspecified atom stereocenters. The van der Waals surface area contributed by atoms with Gasteiger partial charge in [0.1, 0.15) is 0 Å². The van der Waals surface area contributed by atoms with Crippen LogP contribution < -0.4 is 5.73 Å². The number of rotatable bonds is 5. The van der Waals surface area contributed by atoms with Crippen LogP contribution in [0.4, 0.5) is 0 Å². The average molecular weight is 221 g/mol. The Balaban J connectivity index is 1.78. The van der Waals surface area contributed by atoms with E-state index >= 15 is 0 Å². The topological polar surface area (TPSA) is 43.8 Å². The summed E-state index contributed by atoms with van der Waals surface area (Å²) in [6.45, 7) is 3.10. The van der Waals surface area contributed by atoms with Crippen molar-refractivity contribution in [2.75, 3.05) is 0 Å². The van der Waals surface area contributed by atoms with Gasteiger partial charge in [0.2, 0.25) is 0 Å². The Kier molecular flexibility index (Phi) is 3.99. The molecule has 0 radical (unpaired) electrons. The van der Waals surface area contributed by atoms with E-state index in [4.69, 9.17) is 5.73 Å². The summed E-state index contributed by atoms with van der Waals surface area (Å²) < 4.78 is 2.21. The molecule has 1 fully saturated rings. The predicted molar refractivity (Wildman–Crippen MR) is 66.0 cm³/mol. The summed E-state index contributed by atoms with van der Waals surface area (Å²) in [6, 6.07) is 0.0916. The van der Waals surface area contributed by atoms with E-state index in [-0.39, 0.29) is 6.04 Å². The first kappa shape index (κ1) is 11.6. The van der Waals surface area contributed by atoms with Crippen molar-refractivity contribution >= 4 is 0 Å². The van der Waals surface area contributed by atoms with E-state index in [9.17, 15) is 0 Å². The van der Waals surface area contributed by atoms with Crippen LogP contribution >= 0.6 is 0 Å². The fourth-order valence-electron chi connectivity index (χ4n) is 2.75. The molecular weight excluding hydrogens is 198 g/mol. The molecule has 3 nitrogen and oxygen atoms in total. The van der Waals surface area contributed by atoms with Gasteiger partial charge in [0.05, 0.1) is 12.0 Å². The van der Waals surface area contributed by atoms with Crippen molar-refractivity contribution < 1.29 is 0 Å². The van der Waals surface area contributed by atoms with Crippen LogP contribution in [0.2, 0.25) is 0 Å². The third-order valence-corrected chi connectivity index (χ3v) is 3.70. The fraction of sp³-hybridized carbons (Fsp3) is 0.769. The van der Waals surface area contributed by atoms with E-state index in [1.54, 1.807) is 0 Å². The van der Waals surface area contributed by atoms with Crippen LogP contribution in [0.25, 0.3) is 0 Å². The predicted octanol–water partition coefficient (Wildman–Crippen LogP) is 2.87. The number of nitrogens with two attached hydrogens (primary N) is 1. The molecule has 1 atom stereocenters. The van der Waals surface area contributed by atoms with Crippen molar-refractivity contribution in [3.05, 3.63) is 18.2 Å². The summed E-state index contributed by atoms with van der Waals surface area (Å²) in [5.41, 5.74) is 7.05. The number of nitrogens with zero attached hydrogens (tertiary/aromatic N) is 2. The SMILES string of the molecule is CC(N)c1cncn1CCCC1CCCC1. The largest absolute Gasteiger partial charge is 0.333 e. The van der Waals surface area contributed by atoms with Gasteiger partial charge in [0.25, 0.3) is 0 Å². The summed E-state index contributed by atoms with van der Waals surface area (Å²) in [4.78, 5) is 4.18. The molecule has 0 bridgehead atoms. The Hall–Kier alpha value is -0.830. The highest BCUT2D eigenvalue weighted by Crippen LogP contribution is 2.28. The Morgan fingerprint density at radius 1 is 1.50 bits per heavy atom. The van der Waals surface area contributed by atoms with Crippen molar-refractivity contribution in [3.8, 4) is 0 Å². The van der Waals surface area contributed by atoms with Crippen molar-refractivity contribution in [2.24, 2.45) is 11.7 Å². The van der Waals surface area contributed by atoms with Gasteiger partial charge in [-0.15, -0.1) is 0 Å². The maximum atomic E-state index is 5.89. The maximum Gasteiger partial charge on any atom is 0.0948 e. The Labute approximate surface area is 98.1 Å². The van der Waals surface area contributed by atoms with Crippen LogP contribution in [0.1, 0.15) is 57.2 Å². The van der Waals surface area contributed by atoms with Gasteiger partial charge in [0, 0.05) is 18.8 Å². The van der Waals surface area contributed by atoms with Crippen LogP contribution in [-0.2, 0) is 6.54 Å². The van der Waals surface area contributed by atoms with E-state index in [0.29, 0.717) is 0 Å². The Bertz CT molecular complexity index is 311. The summed E-state index contributed by atoms with van der Waals surface area (Å²) in [5, 5.41) is 0. The third-order valence-electron chi connectivity index (χ3n) is 3.70. The van der Waals surface area contributed by atoms with E-state index in [0.717, 1.165) is 18.2 Å². The van der Waals surface area contributed by atoms with Crippen molar-refractivity contribution in [1.29, 1.82) is 0 Å². The Morgan fingerprint density at radius 3 is 2.94 bits per heavy atom. The van der Waals surface area contributed by atoms with Gasteiger partial charge in [-0.1, -0.05) is 25.7 Å². The van der Waals surface area contributed by atoms with Gasteiger partial charge in [-0.05, 0) is 25.7 Å². The van der Waals surface area contributed by atoms with Crippen molar-refractivity contribution in [3.63, 3.8) is 0 Å². The van der Waals surface area contributed by atoms with Crippen LogP contribution in [0.3, 0.4) is 0 Å². The van der Waals surface area contributed by atoms with E-state index in [1.807, 2.05) is 19.4 Å². The zero-order valence-electron chi connectivity index (χ0n) is 10.2. The molecule has 3 heteroatoms. The molecule has 2 N–H and O–H groups in total. The van der Waals surface area contributed by atoms with E-state index in [2.05, 4.69) is 9.55 Å². The third kappa shape index (κ3) is 2.85. The number of imidazole rings is 1. The van der Waals surface area contributed by atoms with Gasteiger partial charge in [-0.3, -0.25) is 0 Å². The van der Waals surface area contributed by atoms with Crippen LogP contribution in [0.15, 0.2) is 12.5 Å². The molecule has 2 rings (SSSR count). The molecule has 16 heavy (non-hydrogen) atoms. The highest BCUT2D eigenvalue weighted by Gasteiger charge is 2.14. The quantitative estimate of drug-likeness (QED) is 0.831. The summed E-state index contributed by atoms with van der Waals surface area (Å²) in [5.74, 6) is 0.988. The van der Waals surface area contributed by atoms with Crippen molar-refractivity contribution in [2.45, 2.75) is 58.0 Å². The molecule has 0 aromatic carbocycles. The second-order valence-electron chi connectivity index (χ2n) is 5.09. The zero-order chi connectivity index (χ0) is 11.4. The van der Waals surface area contributed by atoms with E-state index in [1.165, 1.54) is 38.5 Å². The molecular formula is C13H23N3. The van der Waals surface area contributed by atoms with Gasteiger partial charge >= 0.3 is 0 Å². The molecule has 0 aliphatic heterocycles. The average Bonchev–Trinajstić information content (AvgIpc) is 2.87. The number of hydrogen-bond acceptors (Lipinski definition) is 2. The lowest BCUT2D eigenvalue weighted by Crippen LogP contribution is -2.12. The normalized spacial score (nSPS) is 19.1. The number of aromatic nitrogens is 2. The first-order chi connectivity index (χ1) is 7.77. The number of aryl methyl sites for hydroxylation is 1. The zero-order valence-corrected chi connectivity index (χ0v) is 10.2. The lowest BCUT2D eigenvalue weighted by molar-refractivity contribution is 0.453. The minimum Gasteiger partial charge on any atom is -0.333 e. The summed E-state index contributed by atoms with van der Waals surface area (Å²) in [7, 11) is 0. The molecule has 0 amide bonds. The monoisotopic (exact) mass is 221 g/mol. The smallest absolute Gasteiger partial charge is 0.0948 e. The first-order valence-corrected chi connectivity index (χ1v) is 6.53. The first-order valence-electron chi connectivity index (χ1n) is 6.53. The highest BCUT2D eigenvalue weighted by molar-refractivity contribution is 5.02. The van der Waals surface area contributed by atoms with Crippen LogP contribution in [-0.4, -0.2) is 9.55 Å². The molecule has 1 aromatic heterocycles. The summed E-state index contributed by atoms with van der Waals surface area (Å²) >= 11 is 0. The van der Waals surface area contributed by atoms with Gasteiger partial charge in [-0.2, -0.15) is 0 Å². The van der Waals surface area contributed by atoms with Crippen molar-refractivity contribution in [1.82, 2.24) is 9.55 Å². The molecule has 90 valence electrons. The molecule has 1 heterocycles. The van der Waals surface area contributed by atoms with Gasteiger partial charge < -0.3 is 10.3 Å². The molecule has 1 aromatic rings. The minimum absolute atomic E-state index is 0.0916. The maximum absolute atomic E-state index is 5.89. The second-order valence-corrected chi connectivity index (χ2v) is 5.09. The molecule has 0 spiro atoms. The van der Waals surface area contributed by atoms with Gasteiger partial charge in [-0.25, -0.2) is 4.98 Å². The van der Waals surface area contributed by atoms with E-state index < -0.39 is 0 Å². The fourth-order valence-corrected chi connectivity index (χ4v) is 2.75. The van der Waals surface area contributed by atoms with Crippen LogP contribution in [0.5, 0.6) is 0 Å². The molecule has 1 saturated carbocycles. The second kappa shape index (κ2) is 5.48. The molecule has 0 saturated heterocycles. The lowest BCUT2D eigenvalue weighted by atomic mass is 10.0. The minimum atomic E-state index is 0.0916. The highest BCUT2D eigenvalue weighted by atomic mass is 15.1.